The van der Waals surface area contributed by atoms with Crippen molar-refractivity contribution in [3.63, 3.8) is 0 Å². The molecule has 8 heteroatoms. The Morgan fingerprint density at radius 1 is 1.47 bits per heavy atom. The minimum Gasteiger partial charge on any atom is -0.480 e. The van der Waals surface area contributed by atoms with Gasteiger partial charge in [0.25, 0.3) is 0 Å². The van der Waals surface area contributed by atoms with E-state index in [1.807, 2.05) is 0 Å². The average molecular weight is 354 g/mol. The minimum atomic E-state index is -4.20. The van der Waals surface area contributed by atoms with Crippen LogP contribution in [-0.2, 0) is 14.8 Å². The van der Waals surface area contributed by atoms with Crippen LogP contribution in [0.3, 0.4) is 0 Å². The largest absolute Gasteiger partial charge is 0.480 e. The lowest BCUT2D eigenvalue weighted by Crippen LogP contribution is -2.40. The lowest BCUT2D eigenvalue weighted by molar-refractivity contribution is -0.137. The molecule has 0 unspecified atom stereocenters. The Kier molecular flexibility index (Phi) is 5.05. The van der Waals surface area contributed by atoms with Crippen LogP contribution in [-0.4, -0.2) is 36.4 Å². The maximum atomic E-state index is 13.7. The normalized spacial score (nSPS) is 12.1. The van der Waals surface area contributed by atoms with Crippen molar-refractivity contribution in [1.29, 1.82) is 0 Å². The molecule has 1 aromatic carbocycles. The molecule has 0 heterocycles. The predicted molar refractivity (Wildman–Crippen MR) is 70.8 cm³/mol. The molecule has 19 heavy (non-hydrogen) atoms. The number of carbonyl (C=O) groups is 1. The molecule has 0 fully saturated rings. The van der Waals surface area contributed by atoms with Crippen molar-refractivity contribution >= 4 is 31.9 Å². The van der Waals surface area contributed by atoms with E-state index < -0.39 is 39.3 Å². The van der Waals surface area contributed by atoms with Crippen LogP contribution >= 0.6 is 15.9 Å². The van der Waals surface area contributed by atoms with Crippen molar-refractivity contribution in [2.45, 2.75) is 24.8 Å². The van der Waals surface area contributed by atoms with Crippen molar-refractivity contribution in [1.82, 2.24) is 4.31 Å². The standard InChI is InChI=1S/C11H13BrFNO4S/c1-7(2)14(6-11(15)16)19(17,18)10-5-8(12)3-4-9(10)13/h3-5,7H,6H2,1-2H3,(H,15,16). The minimum absolute atomic E-state index is 0.395. The van der Waals surface area contributed by atoms with Crippen LogP contribution in [0.1, 0.15) is 13.8 Å². The van der Waals surface area contributed by atoms with Gasteiger partial charge in [-0.15, -0.1) is 0 Å². The third-order valence-corrected chi connectivity index (χ3v) is 4.88. The van der Waals surface area contributed by atoms with Gasteiger partial charge in [-0.25, -0.2) is 12.8 Å². The highest BCUT2D eigenvalue weighted by Gasteiger charge is 2.31. The molecule has 0 aliphatic carbocycles. The van der Waals surface area contributed by atoms with Gasteiger partial charge in [-0.1, -0.05) is 15.9 Å². The van der Waals surface area contributed by atoms with Crippen LogP contribution in [0.15, 0.2) is 27.6 Å². The lowest BCUT2D eigenvalue weighted by Gasteiger charge is -2.24. The quantitative estimate of drug-likeness (QED) is 0.879. The van der Waals surface area contributed by atoms with Gasteiger partial charge in [0.15, 0.2) is 0 Å². The fourth-order valence-corrected chi connectivity index (χ4v) is 3.67. The number of hydrogen-bond donors (Lipinski definition) is 1. The highest BCUT2D eigenvalue weighted by atomic mass is 79.9. The molecule has 0 aliphatic rings. The van der Waals surface area contributed by atoms with Gasteiger partial charge in [-0.05, 0) is 32.0 Å². The zero-order valence-corrected chi connectivity index (χ0v) is 12.7. The summed E-state index contributed by atoms with van der Waals surface area (Å²) in [4.78, 5) is 10.2. The van der Waals surface area contributed by atoms with Crippen molar-refractivity contribution < 1.29 is 22.7 Å². The maximum Gasteiger partial charge on any atom is 0.318 e. The SMILES string of the molecule is CC(C)N(CC(=O)O)S(=O)(=O)c1cc(Br)ccc1F. The zero-order chi connectivity index (χ0) is 14.8. The lowest BCUT2D eigenvalue weighted by atomic mass is 10.3. The fourth-order valence-electron chi connectivity index (χ4n) is 1.48. The van der Waals surface area contributed by atoms with Crippen molar-refractivity contribution in [3.8, 4) is 0 Å². The Morgan fingerprint density at radius 2 is 2.05 bits per heavy atom. The molecule has 5 nitrogen and oxygen atoms in total. The van der Waals surface area contributed by atoms with Crippen LogP contribution in [0.5, 0.6) is 0 Å². The summed E-state index contributed by atoms with van der Waals surface area (Å²) >= 11 is 3.06. The summed E-state index contributed by atoms with van der Waals surface area (Å²) in [5.74, 6) is -2.22. The van der Waals surface area contributed by atoms with Crippen molar-refractivity contribution in [2.75, 3.05) is 6.54 Å². The number of benzene rings is 1. The average Bonchev–Trinajstić information content (AvgIpc) is 2.28. The highest BCUT2D eigenvalue weighted by Crippen LogP contribution is 2.24. The van der Waals surface area contributed by atoms with E-state index in [0.29, 0.717) is 4.47 Å². The first-order valence-electron chi connectivity index (χ1n) is 5.35. The van der Waals surface area contributed by atoms with Gasteiger partial charge < -0.3 is 5.11 Å². The molecule has 1 aromatic rings. The van der Waals surface area contributed by atoms with Crippen LogP contribution in [0, 0.1) is 5.82 Å². The summed E-state index contributed by atoms with van der Waals surface area (Å²) in [5.41, 5.74) is 0. The highest BCUT2D eigenvalue weighted by molar-refractivity contribution is 9.10. The van der Waals surface area contributed by atoms with Gasteiger partial charge >= 0.3 is 5.97 Å². The Balaban J connectivity index is 3.34. The second-order valence-electron chi connectivity index (χ2n) is 4.11. The first kappa shape index (κ1) is 16.1. The Hall–Kier alpha value is -0.990. The predicted octanol–water partition coefficient (Wildman–Crippen LogP) is 2.07. The summed E-state index contributed by atoms with van der Waals surface area (Å²) in [6.45, 7) is 2.33. The number of carboxylic acid groups (broad SMARTS) is 1. The van der Waals surface area contributed by atoms with Crippen LogP contribution in [0.4, 0.5) is 4.39 Å². The molecule has 106 valence electrons. The molecule has 0 aliphatic heterocycles. The number of sulfonamides is 1. The van der Waals surface area contributed by atoms with Gasteiger partial charge in [0, 0.05) is 10.5 Å². The van der Waals surface area contributed by atoms with Gasteiger partial charge in [-0.3, -0.25) is 4.79 Å². The number of hydrogen-bond acceptors (Lipinski definition) is 3. The number of nitrogens with zero attached hydrogens (tertiary/aromatic N) is 1. The first-order chi connectivity index (χ1) is 8.66. The smallest absolute Gasteiger partial charge is 0.318 e. The maximum absolute atomic E-state index is 13.7. The van der Waals surface area contributed by atoms with E-state index in [4.69, 9.17) is 5.11 Å². The molecule has 0 amide bonds. The summed E-state index contributed by atoms with van der Waals surface area (Å²) < 4.78 is 39.4. The molecular weight excluding hydrogens is 341 g/mol. The molecule has 0 saturated heterocycles. The number of carboxylic acids is 1. The van der Waals surface area contributed by atoms with E-state index in [9.17, 15) is 17.6 Å². The number of rotatable bonds is 5. The van der Waals surface area contributed by atoms with E-state index in [0.717, 1.165) is 16.4 Å². The topological polar surface area (TPSA) is 74.7 Å². The van der Waals surface area contributed by atoms with E-state index in [1.165, 1.54) is 19.9 Å². The van der Waals surface area contributed by atoms with E-state index in [1.54, 1.807) is 0 Å². The monoisotopic (exact) mass is 353 g/mol. The molecule has 0 atom stereocenters. The van der Waals surface area contributed by atoms with E-state index >= 15 is 0 Å². The van der Waals surface area contributed by atoms with Crippen LogP contribution < -0.4 is 0 Å². The Bertz CT molecular complexity index is 588. The summed E-state index contributed by atoms with van der Waals surface area (Å²) in [6, 6.07) is 2.89. The molecule has 0 spiro atoms. The number of halogens is 2. The second kappa shape index (κ2) is 5.98. The fraction of sp³-hybridized carbons (Fsp3) is 0.364. The van der Waals surface area contributed by atoms with Gasteiger partial charge in [0.05, 0.1) is 0 Å². The Morgan fingerprint density at radius 3 is 2.53 bits per heavy atom. The van der Waals surface area contributed by atoms with Crippen molar-refractivity contribution in [2.24, 2.45) is 0 Å². The zero-order valence-electron chi connectivity index (χ0n) is 10.3. The first-order valence-corrected chi connectivity index (χ1v) is 7.58. The molecule has 0 bridgehead atoms. The second-order valence-corrected chi connectivity index (χ2v) is 6.89. The van der Waals surface area contributed by atoms with Gasteiger partial charge in [-0.2, -0.15) is 4.31 Å². The molecular formula is C11H13BrFNO4S. The van der Waals surface area contributed by atoms with E-state index in [2.05, 4.69) is 15.9 Å². The summed E-state index contributed by atoms with van der Waals surface area (Å²) in [5, 5.41) is 8.76. The molecule has 1 N–H and O–H groups in total. The van der Waals surface area contributed by atoms with Crippen molar-refractivity contribution in [3.05, 3.63) is 28.5 Å². The van der Waals surface area contributed by atoms with Crippen LogP contribution in [0.25, 0.3) is 0 Å². The number of aliphatic carboxylic acids is 1. The molecule has 1 rings (SSSR count). The van der Waals surface area contributed by atoms with Gasteiger partial charge in [0.2, 0.25) is 10.0 Å². The molecule has 0 radical (unpaired) electrons. The third kappa shape index (κ3) is 3.74. The summed E-state index contributed by atoms with van der Waals surface area (Å²) in [7, 11) is -4.20. The molecule has 0 aromatic heterocycles. The third-order valence-electron chi connectivity index (χ3n) is 2.35. The summed E-state index contributed by atoms with van der Waals surface area (Å²) in [6.07, 6.45) is 0. The van der Waals surface area contributed by atoms with E-state index in [-0.39, 0.29) is 0 Å². The molecule has 0 saturated carbocycles. The Labute approximate surface area is 119 Å². The van der Waals surface area contributed by atoms with Gasteiger partial charge in [0.1, 0.15) is 17.3 Å². The van der Waals surface area contributed by atoms with Crippen LogP contribution in [0.2, 0.25) is 0 Å².